The third kappa shape index (κ3) is 4.74. The normalized spacial score (nSPS) is 17.0. The smallest absolute Gasteiger partial charge is 0.248 e. The first kappa shape index (κ1) is 19.1. The predicted octanol–water partition coefficient (Wildman–Crippen LogP) is 1.68. The Morgan fingerprint density at radius 3 is 2.93 bits per heavy atom. The molecule has 3 rings (SSSR count). The number of methoxy groups -OCH3 is 1. The van der Waals surface area contributed by atoms with Gasteiger partial charge in [-0.15, -0.1) is 0 Å². The maximum Gasteiger partial charge on any atom is 0.248 e. The number of piperidine rings is 1. The summed E-state index contributed by atoms with van der Waals surface area (Å²) in [6.45, 7) is 3.67. The Labute approximate surface area is 159 Å². The van der Waals surface area contributed by atoms with Gasteiger partial charge < -0.3 is 15.0 Å². The minimum Gasteiger partial charge on any atom is -0.375 e. The van der Waals surface area contributed by atoms with Crippen molar-refractivity contribution in [3.05, 3.63) is 47.8 Å². The summed E-state index contributed by atoms with van der Waals surface area (Å²) < 4.78 is 6.73. The molecule has 1 aromatic heterocycles. The Morgan fingerprint density at radius 1 is 1.33 bits per heavy atom. The van der Waals surface area contributed by atoms with Gasteiger partial charge in [0.1, 0.15) is 6.61 Å². The van der Waals surface area contributed by atoms with Gasteiger partial charge in [0.25, 0.3) is 0 Å². The predicted molar refractivity (Wildman–Crippen MR) is 101 cm³/mol. The first-order chi connectivity index (χ1) is 13.1. The van der Waals surface area contributed by atoms with E-state index in [4.69, 9.17) is 4.74 Å². The van der Waals surface area contributed by atoms with Crippen molar-refractivity contribution in [2.45, 2.75) is 26.3 Å². The number of carbonyl (C=O) groups is 2. The standard InChI is InChI=1S/C20H26N4O3/c1-15-6-3-4-8-18(15)24-12-16(11-22-24)10-21-20(26)17-7-5-9-23(13-17)19(25)14-27-2/h3-4,6,8,11-12,17H,5,7,9-10,13-14H2,1-2H3,(H,21,26). The lowest BCUT2D eigenvalue weighted by molar-refractivity contribution is -0.139. The number of nitrogens with one attached hydrogen (secondary N) is 1. The molecule has 1 aliphatic rings. The number of amides is 2. The maximum atomic E-state index is 12.5. The summed E-state index contributed by atoms with van der Waals surface area (Å²) in [6, 6.07) is 8.02. The Balaban J connectivity index is 1.55. The molecule has 1 aliphatic heterocycles. The fraction of sp³-hybridized carbons (Fsp3) is 0.450. The number of rotatable bonds is 6. The molecule has 0 saturated carbocycles. The Hall–Kier alpha value is -2.67. The van der Waals surface area contributed by atoms with Crippen LogP contribution in [0.5, 0.6) is 0 Å². The average Bonchev–Trinajstić information content (AvgIpc) is 3.15. The van der Waals surface area contributed by atoms with Crippen molar-refractivity contribution in [1.29, 1.82) is 0 Å². The Kier molecular flexibility index (Phi) is 6.24. The fourth-order valence-electron chi connectivity index (χ4n) is 3.37. The zero-order valence-electron chi connectivity index (χ0n) is 15.9. The topological polar surface area (TPSA) is 76.5 Å². The van der Waals surface area contributed by atoms with E-state index in [0.717, 1.165) is 29.7 Å². The summed E-state index contributed by atoms with van der Waals surface area (Å²) in [5, 5.41) is 7.37. The second kappa shape index (κ2) is 8.81. The first-order valence-electron chi connectivity index (χ1n) is 9.22. The fourth-order valence-corrected chi connectivity index (χ4v) is 3.37. The van der Waals surface area contributed by atoms with Gasteiger partial charge in [0, 0.05) is 38.5 Å². The molecule has 0 bridgehead atoms. The molecule has 0 radical (unpaired) electrons. The highest BCUT2D eigenvalue weighted by Crippen LogP contribution is 2.17. The zero-order chi connectivity index (χ0) is 19.2. The molecule has 0 spiro atoms. The van der Waals surface area contributed by atoms with Crippen molar-refractivity contribution in [1.82, 2.24) is 20.0 Å². The number of nitrogens with zero attached hydrogens (tertiary/aromatic N) is 3. The van der Waals surface area contributed by atoms with Crippen LogP contribution >= 0.6 is 0 Å². The minimum absolute atomic E-state index is 0.0199. The van der Waals surface area contributed by atoms with Crippen LogP contribution in [0, 0.1) is 12.8 Å². The quantitative estimate of drug-likeness (QED) is 0.839. The van der Waals surface area contributed by atoms with Gasteiger partial charge in [-0.2, -0.15) is 5.10 Å². The summed E-state index contributed by atoms with van der Waals surface area (Å²) in [5.74, 6) is -0.256. The summed E-state index contributed by atoms with van der Waals surface area (Å²) in [7, 11) is 1.50. The van der Waals surface area contributed by atoms with E-state index in [9.17, 15) is 9.59 Å². The van der Waals surface area contributed by atoms with Gasteiger partial charge in [-0.3, -0.25) is 9.59 Å². The van der Waals surface area contributed by atoms with Crippen LogP contribution in [0.2, 0.25) is 0 Å². The number of hydrogen-bond donors (Lipinski definition) is 1. The monoisotopic (exact) mass is 370 g/mol. The van der Waals surface area contributed by atoms with E-state index in [1.807, 2.05) is 42.1 Å². The van der Waals surface area contributed by atoms with Crippen LogP contribution in [0.3, 0.4) is 0 Å². The number of hydrogen-bond acceptors (Lipinski definition) is 4. The molecule has 1 atom stereocenters. The van der Waals surface area contributed by atoms with Crippen molar-refractivity contribution in [3.8, 4) is 5.69 Å². The summed E-state index contributed by atoms with van der Waals surface area (Å²) in [4.78, 5) is 26.2. The van der Waals surface area contributed by atoms with Gasteiger partial charge in [-0.1, -0.05) is 18.2 Å². The molecular formula is C20H26N4O3. The highest BCUT2D eigenvalue weighted by atomic mass is 16.5. The lowest BCUT2D eigenvalue weighted by Crippen LogP contribution is -2.46. The minimum atomic E-state index is -0.175. The maximum absolute atomic E-state index is 12.5. The molecular weight excluding hydrogens is 344 g/mol. The number of aromatic nitrogens is 2. The van der Waals surface area contributed by atoms with Crippen molar-refractivity contribution in [2.75, 3.05) is 26.8 Å². The molecule has 2 amide bonds. The lowest BCUT2D eigenvalue weighted by atomic mass is 9.97. The molecule has 7 nitrogen and oxygen atoms in total. The van der Waals surface area contributed by atoms with Gasteiger partial charge >= 0.3 is 0 Å². The van der Waals surface area contributed by atoms with Crippen LogP contribution in [-0.4, -0.2) is 53.3 Å². The van der Waals surface area contributed by atoms with E-state index in [-0.39, 0.29) is 24.3 Å². The van der Waals surface area contributed by atoms with Gasteiger partial charge in [0.2, 0.25) is 11.8 Å². The van der Waals surface area contributed by atoms with Gasteiger partial charge in [0.05, 0.1) is 17.8 Å². The number of aryl methyl sites for hydroxylation is 1. The molecule has 0 aliphatic carbocycles. The molecule has 7 heteroatoms. The Morgan fingerprint density at radius 2 is 2.15 bits per heavy atom. The number of carbonyl (C=O) groups excluding carboxylic acids is 2. The number of benzene rings is 1. The number of ether oxygens (including phenoxy) is 1. The molecule has 1 unspecified atom stereocenters. The molecule has 1 N–H and O–H groups in total. The van der Waals surface area contributed by atoms with Crippen LogP contribution < -0.4 is 5.32 Å². The van der Waals surface area contributed by atoms with Crippen molar-refractivity contribution < 1.29 is 14.3 Å². The lowest BCUT2D eigenvalue weighted by Gasteiger charge is -2.31. The second-order valence-corrected chi connectivity index (χ2v) is 6.91. The summed E-state index contributed by atoms with van der Waals surface area (Å²) in [6.07, 6.45) is 5.32. The van der Waals surface area contributed by atoms with Crippen LogP contribution in [0.1, 0.15) is 24.0 Å². The average molecular weight is 370 g/mol. The highest BCUT2D eigenvalue weighted by molar-refractivity contribution is 5.81. The number of para-hydroxylation sites is 1. The molecule has 2 heterocycles. The molecule has 1 fully saturated rings. The zero-order valence-corrected chi connectivity index (χ0v) is 15.9. The number of likely N-dealkylation sites (tertiary alicyclic amines) is 1. The van der Waals surface area contributed by atoms with E-state index in [2.05, 4.69) is 10.4 Å². The molecule has 2 aromatic rings. The Bertz CT molecular complexity index is 802. The van der Waals surface area contributed by atoms with E-state index < -0.39 is 0 Å². The first-order valence-corrected chi connectivity index (χ1v) is 9.22. The van der Waals surface area contributed by atoms with Gasteiger partial charge in [-0.25, -0.2) is 4.68 Å². The highest BCUT2D eigenvalue weighted by Gasteiger charge is 2.28. The van der Waals surface area contributed by atoms with E-state index in [1.54, 1.807) is 11.1 Å². The summed E-state index contributed by atoms with van der Waals surface area (Å²) in [5.41, 5.74) is 3.10. The third-order valence-corrected chi connectivity index (χ3v) is 4.88. The molecule has 27 heavy (non-hydrogen) atoms. The van der Waals surface area contributed by atoms with Crippen LogP contribution in [-0.2, 0) is 20.9 Å². The van der Waals surface area contributed by atoms with Gasteiger partial charge in [-0.05, 0) is 31.4 Å². The SMILES string of the molecule is COCC(=O)N1CCCC(C(=O)NCc2cnn(-c3ccccc3C)c2)C1. The molecule has 1 saturated heterocycles. The van der Waals surface area contributed by atoms with E-state index in [0.29, 0.717) is 19.6 Å². The van der Waals surface area contributed by atoms with Crippen LogP contribution in [0.25, 0.3) is 5.69 Å². The van der Waals surface area contributed by atoms with Crippen molar-refractivity contribution >= 4 is 11.8 Å². The van der Waals surface area contributed by atoms with E-state index in [1.165, 1.54) is 7.11 Å². The second-order valence-electron chi connectivity index (χ2n) is 6.91. The third-order valence-electron chi connectivity index (χ3n) is 4.88. The van der Waals surface area contributed by atoms with Crippen LogP contribution in [0.4, 0.5) is 0 Å². The largest absolute Gasteiger partial charge is 0.375 e. The summed E-state index contributed by atoms with van der Waals surface area (Å²) >= 11 is 0. The van der Waals surface area contributed by atoms with Gasteiger partial charge in [0.15, 0.2) is 0 Å². The van der Waals surface area contributed by atoms with Crippen molar-refractivity contribution in [3.63, 3.8) is 0 Å². The van der Waals surface area contributed by atoms with Crippen LogP contribution in [0.15, 0.2) is 36.7 Å². The van der Waals surface area contributed by atoms with E-state index >= 15 is 0 Å². The molecule has 144 valence electrons. The molecule has 1 aromatic carbocycles. The van der Waals surface area contributed by atoms with Crippen molar-refractivity contribution in [2.24, 2.45) is 5.92 Å².